The topological polar surface area (TPSA) is 95.3 Å². The molecule has 0 bridgehead atoms. The number of furan rings is 1. The van der Waals surface area contributed by atoms with Crippen molar-refractivity contribution in [2.45, 2.75) is 13.0 Å². The van der Waals surface area contributed by atoms with Gasteiger partial charge in [0.2, 0.25) is 0 Å². The number of carbonyl (C=O) groups excluding carboxylic acids is 3. The van der Waals surface area contributed by atoms with Crippen molar-refractivity contribution in [3.8, 4) is 0 Å². The molecule has 0 radical (unpaired) electrons. The van der Waals surface area contributed by atoms with Crippen LogP contribution < -0.4 is 15.1 Å². The van der Waals surface area contributed by atoms with Crippen LogP contribution in [0.15, 0.2) is 40.8 Å². The molecule has 1 N–H and O–H groups in total. The average molecular weight is 531 g/mol. The minimum absolute atomic E-state index is 0.0591. The molecule has 0 spiro atoms. The van der Waals surface area contributed by atoms with Gasteiger partial charge in [-0.1, -0.05) is 24.8 Å². The molecule has 3 amide bonds. The lowest BCUT2D eigenvalue weighted by molar-refractivity contribution is 0.0715. The first kappa shape index (κ1) is 24.9. The summed E-state index contributed by atoms with van der Waals surface area (Å²) < 4.78 is 39.9. The first-order valence-electron chi connectivity index (χ1n) is 11.7. The number of para-hydroxylation sites is 1. The molecule has 3 heterocycles. The molecule has 37 heavy (non-hydrogen) atoms. The number of nitrogens with one attached hydrogen (secondary N) is 1. The third-order valence-electron chi connectivity index (χ3n) is 6.62. The summed E-state index contributed by atoms with van der Waals surface area (Å²) in [6, 6.07) is 9.04. The van der Waals surface area contributed by atoms with Gasteiger partial charge in [0.25, 0.3) is 11.1 Å². The number of cyclic esters (lactones) is 1. The van der Waals surface area contributed by atoms with E-state index in [9.17, 15) is 18.8 Å². The summed E-state index contributed by atoms with van der Waals surface area (Å²) in [6.07, 6.45) is -1.19. The number of fused-ring (bicyclic) bond motifs is 1. The second-order valence-electron chi connectivity index (χ2n) is 8.89. The number of rotatable bonds is 5. The van der Waals surface area contributed by atoms with Crippen LogP contribution in [0, 0.1) is 18.6 Å². The molecule has 0 aliphatic carbocycles. The van der Waals surface area contributed by atoms with Gasteiger partial charge in [-0.05, 0) is 31.2 Å². The molecule has 3 aromatic rings. The van der Waals surface area contributed by atoms with Gasteiger partial charge in [-0.2, -0.15) is 0 Å². The Hall–Kier alpha value is -3.80. The molecule has 194 valence electrons. The van der Waals surface area contributed by atoms with Gasteiger partial charge in [-0.3, -0.25) is 14.5 Å². The van der Waals surface area contributed by atoms with E-state index in [1.807, 2.05) is 4.90 Å². The largest absolute Gasteiger partial charge is 0.448 e. The van der Waals surface area contributed by atoms with Gasteiger partial charge in [0, 0.05) is 37.1 Å². The number of carbonyl (C=O) groups is 3. The zero-order chi connectivity index (χ0) is 26.3. The van der Waals surface area contributed by atoms with Gasteiger partial charge >= 0.3 is 6.09 Å². The molecule has 12 heteroatoms. The van der Waals surface area contributed by atoms with Crippen molar-refractivity contribution in [3.05, 3.63) is 59.4 Å². The Morgan fingerprint density at radius 1 is 1.11 bits per heavy atom. The lowest BCUT2D eigenvalue weighted by atomic mass is 10.1. The Labute approximate surface area is 216 Å². The molecule has 1 unspecified atom stereocenters. The summed E-state index contributed by atoms with van der Waals surface area (Å²) in [5.41, 5.74) is 1.33. The quantitative estimate of drug-likeness (QED) is 0.486. The maximum absolute atomic E-state index is 15.1. The maximum atomic E-state index is 15.1. The van der Waals surface area contributed by atoms with Crippen LogP contribution >= 0.6 is 12.6 Å². The van der Waals surface area contributed by atoms with Crippen LogP contribution in [0.5, 0.6) is 0 Å². The van der Waals surface area contributed by atoms with E-state index in [1.54, 1.807) is 36.1 Å². The van der Waals surface area contributed by atoms with Gasteiger partial charge < -0.3 is 24.3 Å². The molecule has 9 nitrogen and oxygen atoms in total. The standard InChI is InChI=1S/C25H24F2N4O5S/c1-14-17-3-2-4-18(26)22(17)36-21(14)23(32)30-9-7-29(8-10-30)20-6-5-15(11-19(20)27)31-13-16(35-25(31)34)12-28-24(33)37/h2-6,11,16H,7-10,12-13H2,1H3,(H2,28,33,37). The summed E-state index contributed by atoms with van der Waals surface area (Å²) in [4.78, 5) is 41.0. The molecule has 2 aliphatic rings. The molecule has 0 saturated carbocycles. The highest BCUT2D eigenvalue weighted by atomic mass is 32.1. The number of piperazine rings is 1. The summed E-state index contributed by atoms with van der Waals surface area (Å²) in [5.74, 6) is -1.26. The Balaban J connectivity index is 1.23. The number of amides is 3. The molecule has 2 fully saturated rings. The SMILES string of the molecule is Cc1c(C(=O)N2CCN(c3ccc(N4CC(CNC(=O)S)OC4=O)cc3F)CC2)oc2c(F)cccc12. The predicted molar refractivity (Wildman–Crippen MR) is 135 cm³/mol. The number of nitrogens with zero attached hydrogens (tertiary/aromatic N) is 3. The monoisotopic (exact) mass is 530 g/mol. The molecular formula is C25H24F2N4O5S. The van der Waals surface area contributed by atoms with Crippen LogP contribution in [-0.2, 0) is 4.74 Å². The van der Waals surface area contributed by atoms with Gasteiger partial charge in [0.1, 0.15) is 11.9 Å². The van der Waals surface area contributed by atoms with E-state index in [-0.39, 0.29) is 30.3 Å². The fraction of sp³-hybridized carbons (Fsp3) is 0.320. The zero-order valence-electron chi connectivity index (χ0n) is 19.9. The number of hydrogen-bond acceptors (Lipinski definition) is 6. The highest BCUT2D eigenvalue weighted by Gasteiger charge is 2.33. The summed E-state index contributed by atoms with van der Waals surface area (Å²) in [7, 11) is 0. The molecule has 2 aliphatic heterocycles. The van der Waals surface area contributed by atoms with Gasteiger partial charge in [-0.25, -0.2) is 13.6 Å². The third-order valence-corrected chi connectivity index (χ3v) is 6.77. The Morgan fingerprint density at radius 2 is 1.86 bits per heavy atom. The van der Waals surface area contributed by atoms with Crippen molar-refractivity contribution in [2.75, 3.05) is 49.1 Å². The molecule has 2 aromatic carbocycles. The van der Waals surface area contributed by atoms with Crippen molar-refractivity contribution in [1.29, 1.82) is 0 Å². The predicted octanol–water partition coefficient (Wildman–Crippen LogP) is 3.95. The van der Waals surface area contributed by atoms with Crippen molar-refractivity contribution in [3.63, 3.8) is 0 Å². The van der Waals surface area contributed by atoms with Crippen LogP contribution in [0.2, 0.25) is 0 Å². The first-order valence-corrected chi connectivity index (χ1v) is 12.1. The average Bonchev–Trinajstić information content (AvgIpc) is 3.43. The van der Waals surface area contributed by atoms with Crippen molar-refractivity contribution >= 4 is 52.2 Å². The van der Waals surface area contributed by atoms with Gasteiger partial charge in [0.15, 0.2) is 17.2 Å². The van der Waals surface area contributed by atoms with E-state index in [2.05, 4.69) is 17.9 Å². The number of aryl methyl sites for hydroxylation is 1. The summed E-state index contributed by atoms with van der Waals surface area (Å²) >= 11 is 3.62. The summed E-state index contributed by atoms with van der Waals surface area (Å²) in [6.45, 7) is 3.42. The van der Waals surface area contributed by atoms with E-state index in [4.69, 9.17) is 9.15 Å². The fourth-order valence-corrected chi connectivity index (χ4v) is 4.76. The first-order chi connectivity index (χ1) is 17.7. The lowest BCUT2D eigenvalue weighted by Crippen LogP contribution is -2.49. The number of benzene rings is 2. The Kier molecular flexibility index (Phi) is 6.67. The highest BCUT2D eigenvalue weighted by molar-refractivity contribution is 7.96. The maximum Gasteiger partial charge on any atom is 0.414 e. The highest BCUT2D eigenvalue weighted by Crippen LogP contribution is 2.30. The van der Waals surface area contributed by atoms with Crippen LogP contribution in [0.1, 0.15) is 16.1 Å². The number of halogens is 2. The molecule has 1 atom stereocenters. The lowest BCUT2D eigenvalue weighted by Gasteiger charge is -2.36. The number of hydrogen-bond donors (Lipinski definition) is 2. The molecule has 1 aromatic heterocycles. The van der Waals surface area contributed by atoms with Crippen LogP contribution in [-0.4, -0.2) is 67.5 Å². The van der Waals surface area contributed by atoms with Crippen molar-refractivity contribution in [2.24, 2.45) is 0 Å². The number of anilines is 2. The van der Waals surface area contributed by atoms with Crippen molar-refractivity contribution in [1.82, 2.24) is 10.2 Å². The number of thiol groups is 1. The minimum atomic E-state index is -0.626. The van der Waals surface area contributed by atoms with Gasteiger partial charge in [0.05, 0.1) is 24.5 Å². The molecular weight excluding hydrogens is 506 g/mol. The smallest absolute Gasteiger partial charge is 0.414 e. The van der Waals surface area contributed by atoms with E-state index in [0.29, 0.717) is 48.5 Å². The Bertz CT molecular complexity index is 1390. The van der Waals surface area contributed by atoms with Crippen LogP contribution in [0.4, 0.5) is 29.7 Å². The minimum Gasteiger partial charge on any atom is -0.448 e. The summed E-state index contributed by atoms with van der Waals surface area (Å²) in [5, 5.41) is 2.49. The third kappa shape index (κ3) is 4.80. The van der Waals surface area contributed by atoms with Crippen LogP contribution in [0.25, 0.3) is 11.0 Å². The second kappa shape index (κ2) is 9.92. The van der Waals surface area contributed by atoms with E-state index < -0.39 is 29.1 Å². The number of ether oxygens (including phenoxy) is 1. The van der Waals surface area contributed by atoms with E-state index in [1.165, 1.54) is 17.0 Å². The Morgan fingerprint density at radius 3 is 2.54 bits per heavy atom. The zero-order valence-corrected chi connectivity index (χ0v) is 20.8. The fourth-order valence-electron chi connectivity index (χ4n) is 4.67. The van der Waals surface area contributed by atoms with Crippen LogP contribution in [0.3, 0.4) is 0 Å². The van der Waals surface area contributed by atoms with E-state index >= 15 is 4.39 Å². The second-order valence-corrected chi connectivity index (χ2v) is 9.30. The normalized spacial score (nSPS) is 17.9. The van der Waals surface area contributed by atoms with E-state index in [0.717, 1.165) is 0 Å². The van der Waals surface area contributed by atoms with Gasteiger partial charge in [-0.15, -0.1) is 0 Å². The van der Waals surface area contributed by atoms with Crippen molar-refractivity contribution < 1.29 is 32.3 Å². The molecule has 2 saturated heterocycles. The molecule has 5 rings (SSSR count).